The molecule has 0 unspecified atom stereocenters. The van der Waals surface area contributed by atoms with Crippen molar-refractivity contribution in [3.63, 3.8) is 0 Å². The number of benzene rings is 4. The van der Waals surface area contributed by atoms with Gasteiger partial charge in [0, 0.05) is 24.3 Å². The summed E-state index contributed by atoms with van der Waals surface area (Å²) in [5, 5.41) is -0.639. The van der Waals surface area contributed by atoms with Gasteiger partial charge in [0.25, 0.3) is 0 Å². The zero-order valence-electron chi connectivity index (χ0n) is 80.4. The number of hydrogen-bond donors (Lipinski definition) is 0. The Morgan fingerprint density at radius 3 is 0.726 bits per heavy atom. The maximum atomic E-state index is 14.3. The highest BCUT2D eigenvalue weighted by molar-refractivity contribution is 9.10. The first-order valence-electron chi connectivity index (χ1n) is 41.6. The third-order valence-electron chi connectivity index (χ3n) is 14.2. The van der Waals surface area contributed by atoms with E-state index in [4.69, 9.17) is 86.6 Å². The van der Waals surface area contributed by atoms with Gasteiger partial charge in [-0.1, -0.05) is 46.3 Å². The Bertz CT molecular complexity index is 4210. The Hall–Kier alpha value is -3.35. The van der Waals surface area contributed by atoms with E-state index in [1.54, 1.807) is 253 Å². The molecule has 4 aromatic rings. The molecule has 0 radical (unpaired) electrons. The van der Waals surface area contributed by atoms with Crippen LogP contribution in [0.2, 0.25) is 0 Å². The van der Waals surface area contributed by atoms with Gasteiger partial charge < -0.3 is 91.5 Å². The van der Waals surface area contributed by atoms with Gasteiger partial charge in [0.2, 0.25) is 0 Å². The highest BCUT2D eigenvalue weighted by Crippen LogP contribution is 2.80. The minimum atomic E-state index is -4.18. The molecule has 0 bridgehead atoms. The molecule has 0 aromatic heterocycles. The van der Waals surface area contributed by atoms with Crippen LogP contribution in [0.25, 0.3) is 24.3 Å². The van der Waals surface area contributed by atoms with Crippen LogP contribution in [0.15, 0.2) is 104 Å². The zero-order chi connectivity index (χ0) is 95.9. The van der Waals surface area contributed by atoms with Crippen LogP contribution in [0.1, 0.15) is 249 Å². The van der Waals surface area contributed by atoms with E-state index in [0.29, 0.717) is 28.2 Å². The molecule has 0 aliphatic rings. The number of nitrogens with zero attached hydrogens (tertiary/aromatic N) is 1. The summed E-state index contributed by atoms with van der Waals surface area (Å²) in [6, 6.07) is 22.4. The van der Waals surface area contributed by atoms with Gasteiger partial charge >= 0.3 is 60.8 Å². The lowest BCUT2D eigenvalue weighted by atomic mass is 10.1. The summed E-state index contributed by atoms with van der Waals surface area (Å²) in [6.45, 7) is 57.0. The minimum absolute atomic E-state index is 0.0405. The van der Waals surface area contributed by atoms with Crippen molar-refractivity contribution >= 4 is 107 Å². The molecule has 0 aliphatic carbocycles. The van der Waals surface area contributed by atoms with Gasteiger partial charge in [-0.2, -0.15) is 0 Å². The topological polar surface area (TPSA) is 315 Å². The molecule has 0 fully saturated rings. The molecule has 0 saturated carbocycles. The van der Waals surface area contributed by atoms with Crippen molar-refractivity contribution in [2.24, 2.45) is 0 Å². The SMILES string of the molecule is CC(C)OP(=O)(OC(C)C)C(=Cc1ccc(N(C)C)cc1)P(=O)(OC(C)C)OC(C)C.CC(C)OP(=O)(OC(C)C)C(=Cc1cccc(Br)c1)P(=O)(OC(C)C)OC(C)C.COc1cc(C)c(C=C(P(=O)(OC(C)C)OC(C)C)P(=O)(OC(C)C)OC(C)C)cc1OC.COc1ccc(C=C(P(=O)(OC(C)C)OC(C)C)P(=O)(OC(C)C)OC(C)C)cc1F. The molecule has 0 saturated heterocycles. The van der Waals surface area contributed by atoms with Crippen molar-refractivity contribution in [3.8, 4) is 17.2 Å². The second-order valence-electron chi connectivity index (χ2n) is 33.0. The summed E-state index contributed by atoms with van der Waals surface area (Å²) < 4.78 is 235. The Morgan fingerprint density at radius 1 is 0.290 bits per heavy atom. The second-order valence-corrected chi connectivity index (χ2v) is 50.5. The smallest absolute Gasteiger partial charge is 0.370 e. The maximum Gasteiger partial charge on any atom is 0.370 e. The van der Waals surface area contributed by atoms with Gasteiger partial charge in [0.15, 0.2) is 43.3 Å². The summed E-state index contributed by atoms with van der Waals surface area (Å²) in [5.74, 6) is 0.402. The Kier molecular flexibility index (Phi) is 51.7. The van der Waals surface area contributed by atoms with Crippen LogP contribution in [-0.4, -0.2) is 133 Å². The molecule has 124 heavy (non-hydrogen) atoms. The van der Waals surface area contributed by atoms with Gasteiger partial charge in [-0.25, -0.2) is 4.39 Å². The Balaban J connectivity index is 0.000000827. The van der Waals surface area contributed by atoms with Gasteiger partial charge in [-0.15, -0.1) is 0 Å². The van der Waals surface area contributed by atoms with Gasteiger partial charge in [0.1, 0.15) is 0 Å². The molecule has 0 amide bonds. The van der Waals surface area contributed by atoms with Crippen molar-refractivity contribution in [3.05, 3.63) is 137 Å². The molecular formula is C86H147BrFNO27P8. The van der Waals surface area contributed by atoms with E-state index >= 15 is 0 Å². The number of aryl methyl sites for hydroxylation is 1. The summed E-state index contributed by atoms with van der Waals surface area (Å²) in [5.41, 5.74) is 3.97. The number of halogens is 2. The monoisotopic (exact) mass is 1970 g/mol. The predicted molar refractivity (Wildman–Crippen MR) is 504 cm³/mol. The first-order chi connectivity index (χ1) is 56.8. The largest absolute Gasteiger partial charge is 0.494 e. The fourth-order valence-corrected chi connectivity index (χ4v) is 31.6. The van der Waals surface area contributed by atoms with Crippen LogP contribution in [-0.2, 0) is 109 Å². The van der Waals surface area contributed by atoms with Crippen LogP contribution in [0.4, 0.5) is 10.1 Å². The minimum Gasteiger partial charge on any atom is -0.494 e. The molecule has 28 nitrogen and oxygen atoms in total. The zero-order valence-corrected chi connectivity index (χ0v) is 89.1. The molecule has 38 heteroatoms. The molecule has 0 spiro atoms. The summed E-state index contributed by atoms with van der Waals surface area (Å²) in [6.07, 6.45) is -1.58. The number of methoxy groups -OCH3 is 3. The van der Waals surface area contributed by atoms with E-state index in [-0.39, 0.29) is 31.5 Å². The highest BCUT2D eigenvalue weighted by Gasteiger charge is 2.52. The number of hydrogen-bond acceptors (Lipinski definition) is 28. The quantitative estimate of drug-likeness (QED) is 0.0371. The number of ether oxygens (including phenoxy) is 3. The lowest BCUT2D eigenvalue weighted by Gasteiger charge is -2.31. The lowest BCUT2D eigenvalue weighted by Crippen LogP contribution is -2.14. The third-order valence-corrected chi connectivity index (χ3v) is 37.3. The molecule has 0 aliphatic heterocycles. The molecule has 0 heterocycles. The fraction of sp³-hybridized carbons (Fsp3) is 0.628. The standard InChI is InChI=1S/C23H40O8P2.C22H39NO6P2.C21H35FO7P2.C20H33BrO6P2/c1-15(2)28-32(24,29-16(3)4)23(33(25,30-17(5)6)31-18(7)8)14-20-13-22(27-11)21(26-10)12-19(20)9;1-16(2)26-30(24,27-17(3)4)22(31(25,28-18(5)6)29-19(7)8)15-20-11-13-21(14-12-20)23(9)10;1-14(2)26-30(23,27-15(3)4)21(31(24,28-16(5)6)29-17(7)8)13-18-10-11-20(25-9)19(22)12-18;1-14(2)24-28(22,25-15(3)4)20(13-18-10-9-11-19(21)12-18)29(23,26-16(5)6)27-17(7)8/h12-18H,1-11H3;11-19H,1-10H3;10-17H,1-9H3;9-17H,1-8H3. The van der Waals surface area contributed by atoms with Crippen molar-refractivity contribution in [2.45, 2.75) is 326 Å². The van der Waals surface area contributed by atoms with E-state index in [0.717, 1.165) is 15.7 Å². The molecule has 4 aromatic carbocycles. The number of rotatable bonds is 48. The fourth-order valence-electron chi connectivity index (χ4n) is 10.7. The van der Waals surface area contributed by atoms with Crippen LogP contribution in [0.5, 0.6) is 17.2 Å². The molecule has 0 atom stereocenters. The van der Waals surface area contributed by atoms with Crippen molar-refractivity contribution in [2.75, 3.05) is 40.3 Å². The molecule has 4 rings (SSSR count). The molecular weight excluding hydrogens is 1830 g/mol. The maximum absolute atomic E-state index is 14.3. The number of anilines is 1. The van der Waals surface area contributed by atoms with E-state index in [1.807, 2.05) is 68.4 Å². The van der Waals surface area contributed by atoms with Crippen LogP contribution >= 0.6 is 76.7 Å². The molecule has 712 valence electrons. The summed E-state index contributed by atoms with van der Waals surface area (Å²) in [4.78, 5) is 1.97. The summed E-state index contributed by atoms with van der Waals surface area (Å²) in [7, 11) is -24.4. The first kappa shape index (κ1) is 119. The normalized spacial score (nSPS) is 12.8. The Labute approximate surface area is 750 Å². The first-order valence-corrected chi connectivity index (χ1v) is 54.7. The highest BCUT2D eigenvalue weighted by atomic mass is 79.9. The van der Waals surface area contributed by atoms with E-state index in [1.165, 1.54) is 50.6 Å². The van der Waals surface area contributed by atoms with Crippen LogP contribution in [0, 0.1) is 12.7 Å². The Morgan fingerprint density at radius 2 is 0.508 bits per heavy atom. The van der Waals surface area contributed by atoms with E-state index < -0.39 is 164 Å². The average Bonchev–Trinajstić information content (AvgIpc) is 0.782. The van der Waals surface area contributed by atoms with Crippen molar-refractivity contribution < 1.29 is 128 Å². The van der Waals surface area contributed by atoms with Crippen LogP contribution in [0.3, 0.4) is 0 Å². The lowest BCUT2D eigenvalue weighted by molar-refractivity contribution is 0.135. The van der Waals surface area contributed by atoms with E-state index in [2.05, 4.69) is 15.9 Å². The van der Waals surface area contributed by atoms with Crippen molar-refractivity contribution in [1.82, 2.24) is 0 Å². The van der Waals surface area contributed by atoms with E-state index in [9.17, 15) is 40.9 Å². The predicted octanol–water partition coefficient (Wildman–Crippen LogP) is 29.6. The van der Waals surface area contributed by atoms with Gasteiger partial charge in [-0.05, 0) is 329 Å². The third kappa shape index (κ3) is 41.2. The molecule has 0 N–H and O–H groups in total. The van der Waals surface area contributed by atoms with Gasteiger partial charge in [0.05, 0.1) is 119 Å². The summed E-state index contributed by atoms with van der Waals surface area (Å²) >= 11 is 3.42. The second kappa shape index (κ2) is 54.0. The van der Waals surface area contributed by atoms with Crippen molar-refractivity contribution in [1.29, 1.82) is 0 Å². The van der Waals surface area contributed by atoms with Crippen LogP contribution < -0.4 is 19.1 Å². The van der Waals surface area contributed by atoms with Gasteiger partial charge in [-0.3, -0.25) is 36.5 Å². The average molecular weight is 1970 g/mol.